The average Bonchev–Trinajstić information content (AvgIpc) is 3.45. The SMILES string of the molecule is COc1ccc2[nH]c(=O)c(CN(CCCO)Cc3nnnn3C[C@@H]3CCCO3)cc2c1. The molecule has 0 amide bonds. The molecule has 1 aromatic carbocycles. The minimum absolute atomic E-state index is 0.0721. The molecule has 4 rings (SSSR count). The zero-order chi connectivity index (χ0) is 21.6. The Morgan fingerprint density at radius 1 is 1.35 bits per heavy atom. The van der Waals surface area contributed by atoms with E-state index in [1.54, 1.807) is 11.8 Å². The Bertz CT molecular complexity index is 1060. The molecule has 0 spiro atoms. The fraction of sp³-hybridized carbons (Fsp3) is 0.524. The van der Waals surface area contributed by atoms with Gasteiger partial charge in [0.1, 0.15) is 5.75 Å². The Hall–Kier alpha value is -2.82. The summed E-state index contributed by atoms with van der Waals surface area (Å²) in [5.74, 6) is 1.45. The number of aromatic nitrogens is 5. The highest BCUT2D eigenvalue weighted by Gasteiger charge is 2.20. The summed E-state index contributed by atoms with van der Waals surface area (Å²) in [6, 6.07) is 7.44. The van der Waals surface area contributed by atoms with Crippen molar-refractivity contribution in [3.8, 4) is 5.75 Å². The number of pyridine rings is 1. The fourth-order valence-corrected chi connectivity index (χ4v) is 3.88. The Labute approximate surface area is 179 Å². The van der Waals surface area contributed by atoms with E-state index in [1.165, 1.54) is 0 Å². The number of nitrogens with one attached hydrogen (secondary N) is 1. The fourth-order valence-electron chi connectivity index (χ4n) is 3.88. The van der Waals surface area contributed by atoms with Crippen LogP contribution in [0, 0.1) is 0 Å². The van der Waals surface area contributed by atoms with Crippen LogP contribution in [0.2, 0.25) is 0 Å². The van der Waals surface area contributed by atoms with Crippen molar-refractivity contribution in [1.82, 2.24) is 30.1 Å². The third kappa shape index (κ3) is 5.27. The number of fused-ring (bicyclic) bond motifs is 1. The predicted molar refractivity (Wildman–Crippen MR) is 114 cm³/mol. The van der Waals surface area contributed by atoms with Crippen LogP contribution in [0.3, 0.4) is 0 Å². The number of aromatic amines is 1. The molecule has 0 unspecified atom stereocenters. The quantitative estimate of drug-likeness (QED) is 0.493. The molecular formula is C21H28N6O4. The van der Waals surface area contributed by atoms with Gasteiger partial charge in [-0.15, -0.1) is 5.10 Å². The maximum absolute atomic E-state index is 12.7. The van der Waals surface area contributed by atoms with Gasteiger partial charge < -0.3 is 19.6 Å². The molecule has 0 bridgehead atoms. The molecule has 0 aliphatic carbocycles. The van der Waals surface area contributed by atoms with E-state index < -0.39 is 0 Å². The predicted octanol–water partition coefficient (Wildman–Crippen LogP) is 1.09. The molecule has 1 aliphatic heterocycles. The number of rotatable bonds is 10. The maximum Gasteiger partial charge on any atom is 0.252 e. The van der Waals surface area contributed by atoms with Crippen molar-refractivity contribution in [2.24, 2.45) is 0 Å². The molecule has 1 saturated heterocycles. The number of nitrogens with zero attached hydrogens (tertiary/aromatic N) is 5. The van der Waals surface area contributed by atoms with Gasteiger partial charge in [0.15, 0.2) is 5.82 Å². The molecule has 166 valence electrons. The van der Waals surface area contributed by atoms with Crippen LogP contribution >= 0.6 is 0 Å². The topological polar surface area (TPSA) is 118 Å². The number of tetrazole rings is 1. The molecule has 31 heavy (non-hydrogen) atoms. The Kier molecular flexibility index (Phi) is 6.90. The van der Waals surface area contributed by atoms with Gasteiger partial charge in [-0.3, -0.25) is 9.69 Å². The van der Waals surface area contributed by atoms with Crippen LogP contribution in [0.4, 0.5) is 0 Å². The van der Waals surface area contributed by atoms with Gasteiger partial charge in [0.25, 0.3) is 5.56 Å². The summed E-state index contributed by atoms with van der Waals surface area (Å²) in [5, 5.41) is 22.4. The van der Waals surface area contributed by atoms with Gasteiger partial charge in [-0.2, -0.15) is 0 Å². The summed E-state index contributed by atoms with van der Waals surface area (Å²) in [5.41, 5.74) is 1.26. The third-order valence-electron chi connectivity index (χ3n) is 5.53. The number of aliphatic hydroxyl groups excluding tert-OH is 1. The highest BCUT2D eigenvalue weighted by Crippen LogP contribution is 2.20. The Morgan fingerprint density at radius 2 is 2.26 bits per heavy atom. The van der Waals surface area contributed by atoms with Crippen molar-refractivity contribution >= 4 is 10.9 Å². The molecule has 10 heteroatoms. The second-order valence-corrected chi connectivity index (χ2v) is 7.78. The van der Waals surface area contributed by atoms with E-state index in [0.717, 1.165) is 36.1 Å². The van der Waals surface area contributed by atoms with Crippen molar-refractivity contribution < 1.29 is 14.6 Å². The first kappa shape index (κ1) is 21.4. The van der Waals surface area contributed by atoms with Crippen molar-refractivity contribution in [2.45, 2.75) is 45.0 Å². The second kappa shape index (κ2) is 9.99. The highest BCUT2D eigenvalue weighted by atomic mass is 16.5. The van der Waals surface area contributed by atoms with Gasteiger partial charge in [0, 0.05) is 42.8 Å². The van der Waals surface area contributed by atoms with Gasteiger partial charge in [0.05, 0.1) is 26.3 Å². The molecule has 2 N–H and O–H groups in total. The average molecular weight is 428 g/mol. The summed E-state index contributed by atoms with van der Waals surface area (Å²) in [6.07, 6.45) is 2.78. The summed E-state index contributed by atoms with van der Waals surface area (Å²) in [7, 11) is 1.62. The van der Waals surface area contributed by atoms with E-state index in [4.69, 9.17) is 9.47 Å². The van der Waals surface area contributed by atoms with E-state index in [9.17, 15) is 9.90 Å². The Balaban J connectivity index is 1.54. The number of hydrogen-bond donors (Lipinski definition) is 2. The van der Waals surface area contributed by atoms with Crippen LogP contribution in [-0.2, 0) is 24.4 Å². The molecule has 1 aliphatic rings. The number of aliphatic hydroxyl groups is 1. The normalized spacial score (nSPS) is 16.4. The molecular weight excluding hydrogens is 400 g/mol. The molecule has 0 radical (unpaired) electrons. The summed E-state index contributed by atoms with van der Waals surface area (Å²) in [4.78, 5) is 17.7. The van der Waals surface area contributed by atoms with Gasteiger partial charge >= 0.3 is 0 Å². The number of H-pyrrole nitrogens is 1. The maximum atomic E-state index is 12.7. The van der Waals surface area contributed by atoms with E-state index in [2.05, 4.69) is 25.4 Å². The third-order valence-corrected chi connectivity index (χ3v) is 5.53. The van der Waals surface area contributed by atoms with Gasteiger partial charge in [0.2, 0.25) is 0 Å². The van der Waals surface area contributed by atoms with E-state index in [1.807, 2.05) is 24.3 Å². The van der Waals surface area contributed by atoms with Crippen LogP contribution in [0.1, 0.15) is 30.7 Å². The van der Waals surface area contributed by atoms with Crippen LogP contribution in [0.5, 0.6) is 5.75 Å². The highest BCUT2D eigenvalue weighted by molar-refractivity contribution is 5.80. The lowest BCUT2D eigenvalue weighted by Crippen LogP contribution is -2.30. The summed E-state index contributed by atoms with van der Waals surface area (Å²) >= 11 is 0. The molecule has 3 heterocycles. The van der Waals surface area contributed by atoms with Crippen molar-refractivity contribution in [3.05, 3.63) is 46.0 Å². The largest absolute Gasteiger partial charge is 0.497 e. The first-order valence-corrected chi connectivity index (χ1v) is 10.6. The zero-order valence-electron chi connectivity index (χ0n) is 17.7. The summed E-state index contributed by atoms with van der Waals surface area (Å²) in [6.45, 7) is 2.96. The molecule has 10 nitrogen and oxygen atoms in total. The minimum Gasteiger partial charge on any atom is -0.497 e. The smallest absolute Gasteiger partial charge is 0.252 e. The Morgan fingerprint density at radius 3 is 3.03 bits per heavy atom. The number of benzene rings is 1. The van der Waals surface area contributed by atoms with Crippen molar-refractivity contribution in [1.29, 1.82) is 0 Å². The molecule has 3 aromatic rings. The lowest BCUT2D eigenvalue weighted by molar-refractivity contribution is 0.0915. The zero-order valence-corrected chi connectivity index (χ0v) is 17.7. The molecule has 1 fully saturated rings. The number of methoxy groups -OCH3 is 1. The number of ether oxygens (including phenoxy) is 2. The monoisotopic (exact) mass is 428 g/mol. The van der Waals surface area contributed by atoms with Crippen LogP contribution in [-0.4, -0.2) is 68.2 Å². The van der Waals surface area contributed by atoms with Gasteiger partial charge in [-0.25, -0.2) is 4.68 Å². The first-order chi connectivity index (χ1) is 15.2. The molecule has 0 saturated carbocycles. The van der Waals surface area contributed by atoms with Crippen molar-refractivity contribution in [2.75, 3.05) is 26.9 Å². The number of hydrogen-bond acceptors (Lipinski definition) is 8. The standard InChI is InChI=1S/C21H28N6O4/c1-30-17-5-6-19-15(11-17)10-16(21(29)22-19)12-26(7-3-8-28)14-20-23-24-25-27(20)13-18-4-2-9-31-18/h5-6,10-11,18,28H,2-4,7-9,12-14H2,1H3,(H,22,29)/t18-/m0/s1. The van der Waals surface area contributed by atoms with E-state index >= 15 is 0 Å². The van der Waals surface area contributed by atoms with Gasteiger partial charge in [-0.1, -0.05) is 0 Å². The lowest BCUT2D eigenvalue weighted by atomic mass is 10.1. The van der Waals surface area contributed by atoms with Crippen LogP contribution < -0.4 is 10.3 Å². The van der Waals surface area contributed by atoms with Crippen LogP contribution in [0.25, 0.3) is 10.9 Å². The van der Waals surface area contributed by atoms with Crippen LogP contribution in [0.15, 0.2) is 29.1 Å². The van der Waals surface area contributed by atoms with Crippen molar-refractivity contribution in [3.63, 3.8) is 0 Å². The second-order valence-electron chi connectivity index (χ2n) is 7.78. The molecule has 1 atom stereocenters. The van der Waals surface area contributed by atoms with E-state index in [-0.39, 0.29) is 18.3 Å². The van der Waals surface area contributed by atoms with E-state index in [0.29, 0.717) is 44.0 Å². The van der Waals surface area contributed by atoms with Gasteiger partial charge in [-0.05, 0) is 54.0 Å². The minimum atomic E-state index is -0.134. The molecule has 2 aromatic heterocycles. The first-order valence-electron chi connectivity index (χ1n) is 10.6. The lowest BCUT2D eigenvalue weighted by Gasteiger charge is -2.21. The summed E-state index contributed by atoms with van der Waals surface area (Å²) < 4.78 is 12.8.